The number of halogens is 1. The van der Waals surface area contributed by atoms with Gasteiger partial charge in [-0.1, -0.05) is 55.8 Å². The molecule has 8 nitrogen and oxygen atoms in total. The Bertz CT molecular complexity index is 1490. The van der Waals surface area contributed by atoms with Crippen LogP contribution in [0.4, 0.5) is 0 Å². The highest BCUT2D eigenvalue weighted by atomic mass is 79.9. The molecule has 0 aliphatic heterocycles. The van der Waals surface area contributed by atoms with Crippen LogP contribution in [0.1, 0.15) is 31.0 Å². The zero-order chi connectivity index (χ0) is 24.2. The molecule has 0 saturated carbocycles. The third-order valence-corrected chi connectivity index (χ3v) is 6.60. The summed E-state index contributed by atoms with van der Waals surface area (Å²) in [5.41, 5.74) is 5.45. The van der Waals surface area contributed by atoms with Crippen molar-refractivity contribution in [2.24, 2.45) is 0 Å². The number of H-pyrrole nitrogens is 1. The van der Waals surface area contributed by atoms with Crippen LogP contribution in [-0.2, 0) is 13.0 Å². The Kier molecular flexibility index (Phi) is 6.67. The van der Waals surface area contributed by atoms with E-state index in [1.807, 2.05) is 71.4 Å². The monoisotopic (exact) mass is 529 g/mol. The van der Waals surface area contributed by atoms with Crippen molar-refractivity contribution < 1.29 is 0 Å². The summed E-state index contributed by atoms with van der Waals surface area (Å²) in [5, 5.41) is 14.3. The van der Waals surface area contributed by atoms with E-state index in [2.05, 4.69) is 48.5 Å². The van der Waals surface area contributed by atoms with E-state index < -0.39 is 0 Å². The summed E-state index contributed by atoms with van der Waals surface area (Å²) >= 11 is 3.58. The average Bonchev–Trinajstić information content (AvgIpc) is 3.53. The summed E-state index contributed by atoms with van der Waals surface area (Å²) in [4.78, 5) is 17.9. The highest BCUT2D eigenvalue weighted by Crippen LogP contribution is 2.28. The van der Waals surface area contributed by atoms with E-state index in [1.54, 1.807) is 10.8 Å². The van der Waals surface area contributed by atoms with Crippen LogP contribution in [0.15, 0.2) is 82.3 Å². The van der Waals surface area contributed by atoms with Gasteiger partial charge in [0.2, 0.25) is 5.82 Å². The molecule has 0 radical (unpaired) electrons. The van der Waals surface area contributed by atoms with Crippen LogP contribution < -0.4 is 5.69 Å². The standard InChI is InChI=1S/C26H24BrN7O/c1-2-3-7-20-17-34(23-10-5-4-9-22(23)27)26(35)33(20)16-18-11-13-19(14-12-18)21-8-6-15-28-24(21)25-29-31-32-30-25/h4-6,8-15,17H,2-3,7,16H2,1H3,(H,29,30,31,32). The molecular weight excluding hydrogens is 506 g/mol. The molecule has 2 aromatic carbocycles. The van der Waals surface area contributed by atoms with E-state index in [0.29, 0.717) is 18.1 Å². The maximum absolute atomic E-state index is 13.4. The molecular formula is C26H24BrN7O. The molecule has 0 saturated heterocycles. The quantitative estimate of drug-likeness (QED) is 0.304. The Morgan fingerprint density at radius 3 is 2.60 bits per heavy atom. The summed E-state index contributed by atoms with van der Waals surface area (Å²) in [6.07, 6.45) is 6.63. The van der Waals surface area contributed by atoms with Gasteiger partial charge in [0.05, 0.1) is 12.2 Å². The van der Waals surface area contributed by atoms with Crippen LogP contribution in [0.25, 0.3) is 28.3 Å². The van der Waals surface area contributed by atoms with Gasteiger partial charge in [-0.2, -0.15) is 5.21 Å². The Balaban J connectivity index is 1.47. The van der Waals surface area contributed by atoms with E-state index in [4.69, 9.17) is 0 Å². The van der Waals surface area contributed by atoms with Crippen LogP contribution in [0.2, 0.25) is 0 Å². The Hall–Kier alpha value is -3.85. The van der Waals surface area contributed by atoms with Crippen LogP contribution in [-0.4, -0.2) is 34.7 Å². The minimum absolute atomic E-state index is 0.0428. The van der Waals surface area contributed by atoms with Gasteiger partial charge in [-0.3, -0.25) is 14.1 Å². The molecule has 0 bridgehead atoms. The molecule has 0 amide bonds. The minimum Gasteiger partial charge on any atom is -0.292 e. The van der Waals surface area contributed by atoms with E-state index in [-0.39, 0.29) is 5.69 Å². The largest absolute Gasteiger partial charge is 0.333 e. The third-order valence-electron chi connectivity index (χ3n) is 5.93. The van der Waals surface area contributed by atoms with Gasteiger partial charge >= 0.3 is 5.69 Å². The first-order valence-corrected chi connectivity index (χ1v) is 12.3. The molecule has 0 spiro atoms. The lowest BCUT2D eigenvalue weighted by Crippen LogP contribution is -2.25. The highest BCUT2D eigenvalue weighted by molar-refractivity contribution is 9.10. The number of aryl methyl sites for hydroxylation is 1. The van der Waals surface area contributed by atoms with Crippen molar-refractivity contribution in [3.8, 4) is 28.3 Å². The SMILES string of the molecule is CCCCc1cn(-c2ccccc2Br)c(=O)n1Cc1ccc(-c2cccnc2-c2nn[nH]n2)cc1. The molecule has 0 aliphatic carbocycles. The van der Waals surface area contributed by atoms with Crippen molar-refractivity contribution in [1.29, 1.82) is 0 Å². The van der Waals surface area contributed by atoms with Gasteiger partial charge in [0, 0.05) is 28.1 Å². The van der Waals surface area contributed by atoms with Gasteiger partial charge in [0.1, 0.15) is 5.69 Å². The molecule has 9 heteroatoms. The number of nitrogens with one attached hydrogen (secondary N) is 1. The lowest BCUT2D eigenvalue weighted by molar-refractivity contribution is 0.674. The van der Waals surface area contributed by atoms with Crippen molar-refractivity contribution >= 4 is 15.9 Å². The second-order valence-corrected chi connectivity index (χ2v) is 9.10. The number of para-hydroxylation sites is 1. The van der Waals surface area contributed by atoms with Crippen molar-refractivity contribution in [1.82, 2.24) is 34.7 Å². The van der Waals surface area contributed by atoms with E-state index >= 15 is 0 Å². The zero-order valence-corrected chi connectivity index (χ0v) is 20.8. The first-order valence-electron chi connectivity index (χ1n) is 11.5. The molecule has 3 heterocycles. The predicted molar refractivity (Wildman–Crippen MR) is 138 cm³/mol. The number of imidazole rings is 1. The molecule has 0 fully saturated rings. The van der Waals surface area contributed by atoms with Crippen LogP contribution in [0, 0.1) is 0 Å². The number of rotatable bonds is 8. The van der Waals surface area contributed by atoms with Crippen LogP contribution >= 0.6 is 15.9 Å². The number of hydrogen-bond acceptors (Lipinski definition) is 5. The molecule has 0 atom stereocenters. The van der Waals surface area contributed by atoms with Gasteiger partial charge < -0.3 is 0 Å². The van der Waals surface area contributed by atoms with Crippen LogP contribution in [0.3, 0.4) is 0 Å². The number of hydrogen-bond donors (Lipinski definition) is 1. The van der Waals surface area contributed by atoms with Gasteiger partial charge in [-0.05, 0) is 63.3 Å². The number of pyridine rings is 1. The summed E-state index contributed by atoms with van der Waals surface area (Å²) < 4.78 is 4.49. The smallest absolute Gasteiger partial charge is 0.292 e. The van der Waals surface area contributed by atoms with E-state index in [9.17, 15) is 4.79 Å². The van der Waals surface area contributed by atoms with Crippen molar-refractivity contribution in [3.05, 3.63) is 99.3 Å². The summed E-state index contributed by atoms with van der Waals surface area (Å²) in [7, 11) is 0. The number of nitrogens with zero attached hydrogens (tertiary/aromatic N) is 6. The Morgan fingerprint density at radius 1 is 1.03 bits per heavy atom. The molecule has 5 rings (SSSR count). The Morgan fingerprint density at radius 2 is 1.86 bits per heavy atom. The number of unbranched alkanes of at least 4 members (excludes halogenated alkanes) is 1. The third kappa shape index (κ3) is 4.72. The van der Waals surface area contributed by atoms with E-state index in [1.165, 1.54) is 0 Å². The van der Waals surface area contributed by atoms with E-state index in [0.717, 1.165) is 51.8 Å². The maximum atomic E-state index is 13.4. The number of tetrazole rings is 1. The van der Waals surface area contributed by atoms with Crippen molar-refractivity contribution in [2.45, 2.75) is 32.7 Å². The minimum atomic E-state index is -0.0428. The summed E-state index contributed by atoms with van der Waals surface area (Å²) in [5.74, 6) is 0.449. The normalized spacial score (nSPS) is 11.1. The first kappa shape index (κ1) is 22.9. The van der Waals surface area contributed by atoms with Crippen molar-refractivity contribution in [2.75, 3.05) is 0 Å². The molecule has 5 aromatic rings. The van der Waals surface area contributed by atoms with Gasteiger partial charge in [-0.25, -0.2) is 4.79 Å². The lowest BCUT2D eigenvalue weighted by Gasteiger charge is -2.09. The summed E-state index contributed by atoms with van der Waals surface area (Å²) in [6.45, 7) is 2.66. The lowest BCUT2D eigenvalue weighted by atomic mass is 10.0. The van der Waals surface area contributed by atoms with Crippen LogP contribution in [0.5, 0.6) is 0 Å². The fraction of sp³-hybridized carbons (Fsp3) is 0.192. The molecule has 0 aliphatic rings. The fourth-order valence-corrected chi connectivity index (χ4v) is 4.60. The fourth-order valence-electron chi connectivity index (χ4n) is 4.12. The van der Waals surface area contributed by atoms with Gasteiger partial charge in [-0.15, -0.1) is 10.2 Å². The molecule has 0 unspecified atom stereocenters. The topological polar surface area (TPSA) is 94.3 Å². The Labute approximate surface area is 210 Å². The molecule has 1 N–H and O–H groups in total. The second kappa shape index (κ2) is 10.2. The maximum Gasteiger partial charge on any atom is 0.333 e. The molecule has 35 heavy (non-hydrogen) atoms. The highest BCUT2D eigenvalue weighted by Gasteiger charge is 2.16. The van der Waals surface area contributed by atoms with Gasteiger partial charge in [0.15, 0.2) is 0 Å². The second-order valence-electron chi connectivity index (χ2n) is 8.25. The number of aromatic amines is 1. The van der Waals surface area contributed by atoms with Crippen molar-refractivity contribution in [3.63, 3.8) is 0 Å². The molecule has 176 valence electrons. The zero-order valence-electron chi connectivity index (χ0n) is 19.2. The average molecular weight is 530 g/mol. The van der Waals surface area contributed by atoms with Gasteiger partial charge in [0.25, 0.3) is 0 Å². The predicted octanol–water partition coefficient (Wildman–Crippen LogP) is 5.03. The molecule has 3 aromatic heterocycles. The summed E-state index contributed by atoms with van der Waals surface area (Å²) in [6, 6.07) is 19.8. The number of aromatic nitrogens is 7. The number of benzene rings is 2. The first-order chi connectivity index (χ1) is 17.2.